The molecule has 6 nitrogen and oxygen atoms in total. The van der Waals surface area contributed by atoms with E-state index in [1.165, 1.54) is 0 Å². The molecule has 0 fully saturated rings. The lowest BCUT2D eigenvalue weighted by atomic mass is 10.1. The van der Waals surface area contributed by atoms with Crippen molar-refractivity contribution in [2.45, 2.75) is 6.42 Å². The molecule has 4 rings (SSSR count). The Kier molecular flexibility index (Phi) is 9.08. The van der Waals surface area contributed by atoms with Crippen molar-refractivity contribution in [1.82, 2.24) is 5.32 Å². The van der Waals surface area contributed by atoms with Crippen LogP contribution >= 0.6 is 23.7 Å². The zero-order valence-electron chi connectivity index (χ0n) is 18.4. The van der Waals surface area contributed by atoms with Gasteiger partial charge in [0.05, 0.1) is 10.6 Å². The maximum atomic E-state index is 12.2. The van der Waals surface area contributed by atoms with E-state index in [0.717, 1.165) is 39.6 Å². The number of thiophene rings is 1. The quantitative estimate of drug-likeness (QED) is 0.172. The molecule has 3 aromatic carbocycles. The molecule has 34 heavy (non-hydrogen) atoms. The Balaban J connectivity index is 0.00000324. The summed E-state index contributed by atoms with van der Waals surface area (Å²) in [4.78, 5) is 17.6. The van der Waals surface area contributed by atoms with Gasteiger partial charge in [-0.1, -0.05) is 36.4 Å². The summed E-state index contributed by atoms with van der Waals surface area (Å²) in [6.07, 6.45) is 0.720. The van der Waals surface area contributed by atoms with Gasteiger partial charge in [-0.15, -0.1) is 23.7 Å². The number of anilines is 3. The van der Waals surface area contributed by atoms with Crippen LogP contribution in [-0.2, 0) is 6.42 Å². The minimum Gasteiger partial charge on any atom is -0.383 e. The number of benzene rings is 3. The highest BCUT2D eigenvalue weighted by Gasteiger charge is 2.03. The fourth-order valence-corrected chi connectivity index (χ4v) is 3.80. The number of carbonyl (C=O) groups is 1. The van der Waals surface area contributed by atoms with Gasteiger partial charge in [0.25, 0.3) is 0 Å². The minimum absolute atomic E-state index is 0. The molecular weight excluding hydrogens is 466 g/mol. The van der Waals surface area contributed by atoms with E-state index in [-0.39, 0.29) is 18.4 Å². The number of aliphatic imine (C=N–C) groups is 1. The van der Waals surface area contributed by atoms with Crippen LogP contribution < -0.4 is 21.7 Å². The number of amides is 2. The SMILES string of the molecule is Cl.NC(=Nc1ccc(CCNC(=O)Nc2ccc(Nc3ccccc3)cc2)cc1)c1cccs1. The molecule has 5 N–H and O–H groups in total. The number of hydrogen-bond acceptors (Lipinski definition) is 4. The van der Waals surface area contributed by atoms with Gasteiger partial charge in [-0.05, 0) is 72.0 Å². The van der Waals surface area contributed by atoms with Crippen LogP contribution in [0.2, 0.25) is 0 Å². The van der Waals surface area contributed by atoms with E-state index in [1.54, 1.807) is 11.3 Å². The van der Waals surface area contributed by atoms with Crippen molar-refractivity contribution in [3.63, 3.8) is 0 Å². The second-order valence-corrected chi connectivity index (χ2v) is 8.29. The van der Waals surface area contributed by atoms with Gasteiger partial charge in [-0.3, -0.25) is 0 Å². The molecular formula is C26H26ClN5OS. The van der Waals surface area contributed by atoms with Crippen LogP contribution in [0.25, 0.3) is 0 Å². The van der Waals surface area contributed by atoms with E-state index in [9.17, 15) is 4.79 Å². The summed E-state index contributed by atoms with van der Waals surface area (Å²) in [5, 5.41) is 11.0. The highest BCUT2D eigenvalue weighted by Crippen LogP contribution is 2.19. The van der Waals surface area contributed by atoms with E-state index in [0.29, 0.717) is 12.4 Å². The van der Waals surface area contributed by atoms with Crippen molar-refractivity contribution in [2.24, 2.45) is 10.7 Å². The van der Waals surface area contributed by atoms with Crippen LogP contribution in [0.5, 0.6) is 0 Å². The van der Waals surface area contributed by atoms with Crippen LogP contribution in [0, 0.1) is 0 Å². The Bertz CT molecular complexity index is 1190. The smallest absolute Gasteiger partial charge is 0.319 e. The minimum atomic E-state index is -0.233. The molecule has 1 heterocycles. The van der Waals surface area contributed by atoms with Gasteiger partial charge in [0.2, 0.25) is 0 Å². The van der Waals surface area contributed by atoms with Gasteiger partial charge >= 0.3 is 6.03 Å². The Hall–Kier alpha value is -3.81. The topological polar surface area (TPSA) is 91.5 Å². The molecule has 0 aliphatic carbocycles. The summed E-state index contributed by atoms with van der Waals surface area (Å²) in [6, 6.07) is 29.1. The first-order valence-electron chi connectivity index (χ1n) is 10.6. The van der Waals surface area contributed by atoms with Crippen molar-refractivity contribution >= 4 is 58.4 Å². The molecule has 8 heteroatoms. The van der Waals surface area contributed by atoms with Crippen molar-refractivity contribution in [3.05, 3.63) is 107 Å². The van der Waals surface area contributed by atoms with E-state index in [4.69, 9.17) is 5.73 Å². The summed E-state index contributed by atoms with van der Waals surface area (Å²) in [5.74, 6) is 0.514. The average molecular weight is 492 g/mol. The molecule has 0 aliphatic rings. The Morgan fingerprint density at radius 1 is 0.824 bits per heavy atom. The maximum absolute atomic E-state index is 12.2. The van der Waals surface area contributed by atoms with Gasteiger partial charge in [-0.2, -0.15) is 0 Å². The fourth-order valence-electron chi connectivity index (χ4n) is 3.18. The second-order valence-electron chi connectivity index (χ2n) is 7.34. The zero-order valence-corrected chi connectivity index (χ0v) is 20.0. The predicted octanol–water partition coefficient (Wildman–Crippen LogP) is 6.31. The molecule has 174 valence electrons. The number of hydrogen-bond donors (Lipinski definition) is 4. The van der Waals surface area contributed by atoms with Gasteiger partial charge in [0.15, 0.2) is 0 Å². The first-order chi connectivity index (χ1) is 16.2. The lowest BCUT2D eigenvalue weighted by molar-refractivity contribution is 0.252. The molecule has 0 aliphatic heterocycles. The molecule has 1 aromatic heterocycles. The third-order valence-electron chi connectivity index (χ3n) is 4.86. The van der Waals surface area contributed by atoms with Crippen LogP contribution in [0.1, 0.15) is 10.4 Å². The maximum Gasteiger partial charge on any atom is 0.319 e. The summed E-state index contributed by atoms with van der Waals surface area (Å²) < 4.78 is 0. The molecule has 4 aromatic rings. The van der Waals surface area contributed by atoms with Crippen molar-refractivity contribution in [3.8, 4) is 0 Å². The molecule has 0 radical (unpaired) electrons. The van der Waals surface area contributed by atoms with E-state index in [1.807, 2.05) is 96.4 Å². The van der Waals surface area contributed by atoms with E-state index >= 15 is 0 Å². The van der Waals surface area contributed by atoms with Crippen molar-refractivity contribution in [1.29, 1.82) is 0 Å². The van der Waals surface area contributed by atoms with E-state index < -0.39 is 0 Å². The highest BCUT2D eigenvalue weighted by molar-refractivity contribution is 7.12. The lowest BCUT2D eigenvalue weighted by Crippen LogP contribution is -2.30. The molecule has 0 saturated carbocycles. The van der Waals surface area contributed by atoms with Crippen LogP contribution in [-0.4, -0.2) is 18.4 Å². The predicted molar refractivity (Wildman–Crippen MR) is 145 cm³/mol. The number of nitrogens with two attached hydrogens (primary N) is 1. The monoisotopic (exact) mass is 491 g/mol. The number of rotatable bonds is 8. The number of nitrogens with one attached hydrogen (secondary N) is 3. The average Bonchev–Trinajstić information content (AvgIpc) is 3.38. The summed E-state index contributed by atoms with van der Waals surface area (Å²) >= 11 is 1.56. The summed E-state index contributed by atoms with van der Waals surface area (Å²) in [7, 11) is 0. The fraction of sp³-hybridized carbons (Fsp3) is 0.0769. The lowest BCUT2D eigenvalue weighted by Gasteiger charge is -2.10. The molecule has 0 atom stereocenters. The number of amidine groups is 1. The molecule has 0 saturated heterocycles. The normalized spacial score (nSPS) is 10.8. The third kappa shape index (κ3) is 7.37. The van der Waals surface area contributed by atoms with Gasteiger partial charge in [0, 0.05) is 23.6 Å². The number of carbonyl (C=O) groups excluding carboxylic acids is 1. The number of halogens is 1. The zero-order chi connectivity index (χ0) is 22.9. The van der Waals surface area contributed by atoms with Gasteiger partial charge in [0.1, 0.15) is 5.84 Å². The summed E-state index contributed by atoms with van der Waals surface area (Å²) in [6.45, 7) is 0.527. The van der Waals surface area contributed by atoms with Crippen LogP contribution in [0.4, 0.5) is 27.5 Å². The molecule has 0 spiro atoms. The molecule has 2 amide bonds. The Morgan fingerprint density at radius 3 is 2.18 bits per heavy atom. The summed E-state index contributed by atoms with van der Waals surface area (Å²) in [5.41, 5.74) is 10.7. The van der Waals surface area contributed by atoms with E-state index in [2.05, 4.69) is 20.9 Å². The molecule has 0 bridgehead atoms. The Morgan fingerprint density at radius 2 is 1.50 bits per heavy atom. The van der Waals surface area contributed by atoms with Crippen LogP contribution in [0.15, 0.2) is 101 Å². The number of nitrogens with zero attached hydrogens (tertiary/aromatic N) is 1. The highest BCUT2D eigenvalue weighted by atomic mass is 35.5. The number of para-hydroxylation sites is 1. The second kappa shape index (κ2) is 12.4. The Labute approximate surface area is 209 Å². The van der Waals surface area contributed by atoms with Crippen molar-refractivity contribution in [2.75, 3.05) is 17.2 Å². The number of urea groups is 1. The first-order valence-corrected chi connectivity index (χ1v) is 11.5. The standard InChI is InChI=1S/C26H25N5OS.ClH/c27-25(24-7-4-18-33-24)30-22-10-8-19(9-11-22)16-17-28-26(32)31-23-14-12-21(13-15-23)29-20-5-2-1-3-6-20;/h1-15,18,29H,16-17H2,(H2,27,30)(H2,28,31,32);1H. The van der Waals surface area contributed by atoms with Crippen molar-refractivity contribution < 1.29 is 4.79 Å². The third-order valence-corrected chi connectivity index (χ3v) is 5.76. The molecule has 0 unspecified atom stereocenters. The largest absolute Gasteiger partial charge is 0.383 e. The van der Waals surface area contributed by atoms with Gasteiger partial charge < -0.3 is 21.7 Å². The van der Waals surface area contributed by atoms with Crippen LogP contribution in [0.3, 0.4) is 0 Å². The van der Waals surface area contributed by atoms with Gasteiger partial charge in [-0.25, -0.2) is 9.79 Å². The first kappa shape index (κ1) is 24.8.